The van der Waals surface area contributed by atoms with Gasteiger partial charge in [0.2, 0.25) is 0 Å². The van der Waals surface area contributed by atoms with Crippen LogP contribution in [0.25, 0.3) is 27.5 Å². The van der Waals surface area contributed by atoms with Crippen LogP contribution >= 0.6 is 0 Å². The summed E-state index contributed by atoms with van der Waals surface area (Å²) in [5.41, 5.74) is 3.62. The third-order valence-electron chi connectivity index (χ3n) is 8.06. The summed E-state index contributed by atoms with van der Waals surface area (Å²) >= 11 is 0. The first kappa shape index (κ1) is 25.8. The van der Waals surface area contributed by atoms with Gasteiger partial charge in [0.25, 0.3) is 0 Å². The molecule has 0 atom stereocenters. The minimum absolute atomic E-state index is 0.0137. The maximum atomic E-state index is 15.3. The Bertz CT molecular complexity index is 1990. The van der Waals surface area contributed by atoms with Gasteiger partial charge in [0.15, 0.2) is 28.9 Å². The summed E-state index contributed by atoms with van der Waals surface area (Å²) in [6.45, 7) is 0. The Morgan fingerprint density at radius 2 is 1.62 bits per heavy atom. The topological polar surface area (TPSA) is 76.5 Å². The number of halogens is 2. The van der Waals surface area contributed by atoms with Crippen LogP contribution in [0.4, 0.5) is 8.78 Å². The van der Waals surface area contributed by atoms with Crippen LogP contribution in [0.15, 0.2) is 97.5 Å². The van der Waals surface area contributed by atoms with Gasteiger partial charge in [0, 0.05) is 42.4 Å². The van der Waals surface area contributed by atoms with Crippen molar-refractivity contribution in [3.63, 3.8) is 0 Å². The molecule has 1 aliphatic rings. The molecule has 3 aromatic heterocycles. The van der Waals surface area contributed by atoms with Gasteiger partial charge in [-0.15, -0.1) is 0 Å². The molecule has 1 saturated carbocycles. The molecular formula is C34H25F2N3O3. The fraction of sp³-hybridized carbons (Fsp3) is 0.147. The number of carbonyl (C=O) groups is 2. The van der Waals surface area contributed by atoms with Crippen LogP contribution in [0.5, 0.6) is 11.5 Å². The molecule has 3 aromatic carbocycles. The largest absolute Gasteiger partial charge is 0.452 e. The zero-order valence-electron chi connectivity index (χ0n) is 22.4. The summed E-state index contributed by atoms with van der Waals surface area (Å²) in [5.74, 6) is -0.953. The molecule has 208 valence electrons. The summed E-state index contributed by atoms with van der Waals surface area (Å²) in [7, 11) is 0. The fourth-order valence-corrected chi connectivity index (χ4v) is 5.55. The van der Waals surface area contributed by atoms with Gasteiger partial charge in [-0.05, 0) is 77.4 Å². The van der Waals surface area contributed by atoms with Gasteiger partial charge in [-0.3, -0.25) is 9.59 Å². The van der Waals surface area contributed by atoms with Crippen LogP contribution in [0, 0.1) is 17.0 Å². The number of hydrogen-bond donors (Lipinski definition) is 1. The molecule has 7 rings (SSSR count). The van der Waals surface area contributed by atoms with E-state index in [9.17, 15) is 14.0 Å². The lowest BCUT2D eigenvalue weighted by atomic mass is 9.88. The summed E-state index contributed by atoms with van der Waals surface area (Å²) in [6.07, 6.45) is 6.26. The number of nitrogens with zero attached hydrogens (tertiary/aromatic N) is 2. The van der Waals surface area contributed by atoms with Crippen molar-refractivity contribution < 1.29 is 23.1 Å². The second-order valence-electron chi connectivity index (χ2n) is 10.8. The Morgan fingerprint density at radius 1 is 0.857 bits per heavy atom. The quantitative estimate of drug-likeness (QED) is 0.189. The number of aromatic amines is 1. The second kappa shape index (κ2) is 10.1. The van der Waals surface area contributed by atoms with E-state index in [0.29, 0.717) is 35.2 Å². The molecule has 42 heavy (non-hydrogen) atoms. The van der Waals surface area contributed by atoms with Crippen LogP contribution in [-0.4, -0.2) is 26.2 Å². The predicted molar refractivity (Wildman–Crippen MR) is 154 cm³/mol. The van der Waals surface area contributed by atoms with Crippen molar-refractivity contribution >= 4 is 28.0 Å². The Kier molecular flexibility index (Phi) is 6.19. The molecule has 0 radical (unpaired) electrons. The van der Waals surface area contributed by atoms with Gasteiger partial charge in [0.1, 0.15) is 11.3 Å². The molecule has 1 N–H and O–H groups in total. The maximum Gasteiger partial charge on any atom is 0.166 e. The number of carbonyl (C=O) groups excluding carboxylic acids is 2. The number of benzene rings is 3. The lowest BCUT2D eigenvalue weighted by Gasteiger charge is -2.14. The average Bonchev–Trinajstić information content (AvgIpc) is 3.48. The summed E-state index contributed by atoms with van der Waals surface area (Å²) < 4.78 is 36.3. The lowest BCUT2D eigenvalue weighted by Crippen LogP contribution is -2.28. The number of fused-ring (bicyclic) bond motifs is 2. The number of ketones is 2. The van der Waals surface area contributed by atoms with Gasteiger partial charge in [-0.1, -0.05) is 30.3 Å². The van der Waals surface area contributed by atoms with Crippen molar-refractivity contribution in [2.45, 2.75) is 25.7 Å². The predicted octanol–water partition coefficient (Wildman–Crippen LogP) is 7.26. The Balaban J connectivity index is 1.10. The monoisotopic (exact) mass is 561 g/mol. The van der Waals surface area contributed by atoms with E-state index in [2.05, 4.69) is 10.1 Å². The normalized spacial score (nSPS) is 13.9. The van der Waals surface area contributed by atoms with Crippen LogP contribution in [0.3, 0.4) is 0 Å². The molecule has 0 unspecified atom stereocenters. The van der Waals surface area contributed by atoms with E-state index in [1.807, 2.05) is 42.7 Å². The van der Waals surface area contributed by atoms with E-state index < -0.39 is 11.2 Å². The molecule has 8 heteroatoms. The summed E-state index contributed by atoms with van der Waals surface area (Å²) in [4.78, 5) is 29.4. The number of hydrogen-bond acceptors (Lipinski definition) is 4. The molecule has 0 aliphatic heterocycles. The van der Waals surface area contributed by atoms with E-state index in [0.717, 1.165) is 22.0 Å². The highest BCUT2D eigenvalue weighted by Gasteiger charge is 2.54. The zero-order chi connectivity index (χ0) is 28.8. The minimum Gasteiger partial charge on any atom is -0.452 e. The van der Waals surface area contributed by atoms with Crippen LogP contribution in [0.1, 0.15) is 24.0 Å². The van der Waals surface area contributed by atoms with Crippen molar-refractivity contribution in [1.29, 1.82) is 0 Å². The van der Waals surface area contributed by atoms with Crippen molar-refractivity contribution in [3.8, 4) is 22.6 Å². The molecule has 0 amide bonds. The van der Waals surface area contributed by atoms with Crippen LogP contribution in [0.2, 0.25) is 0 Å². The average molecular weight is 562 g/mol. The Hall–Kier alpha value is -5.11. The van der Waals surface area contributed by atoms with E-state index in [-0.39, 0.29) is 36.0 Å². The first-order chi connectivity index (χ1) is 20.4. The van der Waals surface area contributed by atoms with Crippen molar-refractivity contribution in [1.82, 2.24) is 14.6 Å². The maximum absolute atomic E-state index is 15.3. The van der Waals surface area contributed by atoms with Crippen molar-refractivity contribution in [3.05, 3.63) is 120 Å². The standard InChI is InChI=1S/C34H25F2N3O3/c35-25-6-1-21(2-7-25)18-31(40)34(12-13-34)32(41)19-22-3-8-29(27(36)17-22)42-30-10-15-38-39-16-11-26(33(30)39)24-5-4-23-9-14-37-28(23)20-24/h1-11,14-17,20,37H,12-13,18-19H2. The van der Waals surface area contributed by atoms with Crippen LogP contribution in [-0.2, 0) is 22.4 Å². The number of aromatic nitrogens is 3. The fourth-order valence-electron chi connectivity index (χ4n) is 5.55. The molecule has 3 heterocycles. The Morgan fingerprint density at radius 3 is 2.38 bits per heavy atom. The van der Waals surface area contributed by atoms with Crippen molar-refractivity contribution in [2.75, 3.05) is 0 Å². The molecular weight excluding hydrogens is 536 g/mol. The van der Waals surface area contributed by atoms with E-state index >= 15 is 4.39 Å². The highest BCUT2D eigenvalue weighted by molar-refractivity contribution is 6.11. The van der Waals surface area contributed by atoms with Crippen LogP contribution < -0.4 is 4.74 Å². The third kappa shape index (κ3) is 4.64. The van der Waals surface area contributed by atoms with Gasteiger partial charge >= 0.3 is 0 Å². The third-order valence-corrected chi connectivity index (χ3v) is 8.06. The van der Waals surface area contributed by atoms with E-state index in [4.69, 9.17) is 4.74 Å². The van der Waals surface area contributed by atoms with E-state index in [1.54, 1.807) is 35.0 Å². The number of H-pyrrole nitrogens is 1. The molecule has 1 aliphatic carbocycles. The summed E-state index contributed by atoms with van der Waals surface area (Å²) in [5, 5.41) is 5.48. The number of nitrogens with one attached hydrogen (secondary N) is 1. The number of rotatable bonds is 9. The molecule has 1 fully saturated rings. The van der Waals surface area contributed by atoms with Gasteiger partial charge in [0.05, 0.1) is 11.6 Å². The van der Waals surface area contributed by atoms with Gasteiger partial charge in [-0.25, -0.2) is 13.3 Å². The highest BCUT2D eigenvalue weighted by Crippen LogP contribution is 2.49. The van der Waals surface area contributed by atoms with Crippen molar-refractivity contribution in [2.24, 2.45) is 5.41 Å². The SMILES string of the molecule is O=C(Cc1ccc(F)cc1)C1(C(=O)Cc2ccc(Oc3ccnn4ccc(-c5ccc6cc[nH]c6c5)c34)c(F)c2)CC1. The highest BCUT2D eigenvalue weighted by atomic mass is 19.1. The Labute approximate surface area is 239 Å². The molecule has 6 aromatic rings. The zero-order valence-corrected chi connectivity index (χ0v) is 22.4. The van der Waals surface area contributed by atoms with Gasteiger partial charge in [-0.2, -0.15) is 5.10 Å². The van der Waals surface area contributed by atoms with E-state index in [1.165, 1.54) is 24.3 Å². The second-order valence-corrected chi connectivity index (χ2v) is 10.8. The lowest BCUT2D eigenvalue weighted by molar-refractivity contribution is -0.133. The molecule has 6 nitrogen and oxygen atoms in total. The number of Topliss-reactive ketones (excluding diaryl/α,β-unsaturated/α-hetero) is 2. The minimum atomic E-state index is -1.04. The molecule has 0 saturated heterocycles. The smallest absolute Gasteiger partial charge is 0.166 e. The molecule has 0 bridgehead atoms. The molecule has 0 spiro atoms. The van der Waals surface area contributed by atoms with Gasteiger partial charge < -0.3 is 9.72 Å². The number of ether oxygens (including phenoxy) is 1. The first-order valence-corrected chi connectivity index (χ1v) is 13.7. The summed E-state index contributed by atoms with van der Waals surface area (Å²) in [6, 6.07) is 21.9. The first-order valence-electron chi connectivity index (χ1n) is 13.7.